The van der Waals surface area contributed by atoms with Gasteiger partial charge < -0.3 is 10.3 Å². The Morgan fingerprint density at radius 1 is 0.857 bits per heavy atom. The van der Waals surface area contributed by atoms with Gasteiger partial charge in [0.05, 0.1) is 0 Å². The number of rotatable bonds is 4. The molecular formula is C24H24N4. The third-order valence-electron chi connectivity index (χ3n) is 4.58. The first-order valence-electron chi connectivity index (χ1n) is 9.64. The van der Waals surface area contributed by atoms with Crippen LogP contribution in [-0.2, 0) is 0 Å². The van der Waals surface area contributed by atoms with Crippen LogP contribution in [0.15, 0.2) is 85.1 Å². The lowest BCUT2D eigenvalue weighted by atomic mass is 10.2. The predicted molar refractivity (Wildman–Crippen MR) is 115 cm³/mol. The predicted octanol–water partition coefficient (Wildman–Crippen LogP) is 6.09. The van der Waals surface area contributed by atoms with Gasteiger partial charge in [0, 0.05) is 34.9 Å². The summed E-state index contributed by atoms with van der Waals surface area (Å²) in [6.45, 7) is 2.02. The van der Waals surface area contributed by atoms with Crippen molar-refractivity contribution in [1.29, 1.82) is 0 Å². The van der Waals surface area contributed by atoms with E-state index in [2.05, 4.69) is 44.5 Å². The number of nitrogens with one attached hydrogen (secondary N) is 2. The van der Waals surface area contributed by atoms with Crippen LogP contribution < -0.4 is 5.32 Å². The molecule has 0 bridgehead atoms. The van der Waals surface area contributed by atoms with E-state index < -0.39 is 0 Å². The maximum atomic E-state index is 4.57. The van der Waals surface area contributed by atoms with Gasteiger partial charge in [-0.3, -0.25) is 0 Å². The maximum absolute atomic E-state index is 4.57. The summed E-state index contributed by atoms with van der Waals surface area (Å²) in [7, 11) is 0. The molecule has 0 unspecified atom stereocenters. The molecule has 4 heteroatoms. The number of hydrogen-bond donors (Lipinski definition) is 2. The molecule has 2 N–H and O–H groups in total. The minimum Gasteiger partial charge on any atom is -0.361 e. The van der Waals surface area contributed by atoms with Gasteiger partial charge in [-0.15, -0.1) is 0 Å². The summed E-state index contributed by atoms with van der Waals surface area (Å²) in [6.07, 6.45) is 4.46. The monoisotopic (exact) mass is 368 g/mol. The van der Waals surface area contributed by atoms with Gasteiger partial charge in [0.15, 0.2) is 0 Å². The number of H-pyrrole nitrogens is 1. The Morgan fingerprint density at radius 3 is 2.21 bits per heavy atom. The second kappa shape index (κ2) is 8.53. The molecule has 0 saturated heterocycles. The molecule has 2 aromatic carbocycles. The Morgan fingerprint density at radius 2 is 1.57 bits per heavy atom. The number of anilines is 2. The van der Waals surface area contributed by atoms with E-state index in [9.17, 15) is 0 Å². The zero-order valence-electron chi connectivity index (χ0n) is 16.0. The number of benzene rings is 2. The Balaban J connectivity index is 0.000000151. The highest BCUT2D eigenvalue weighted by Crippen LogP contribution is 2.39. The normalized spacial score (nSPS) is 12.8. The van der Waals surface area contributed by atoms with E-state index in [1.54, 1.807) is 0 Å². The van der Waals surface area contributed by atoms with Gasteiger partial charge in [0.1, 0.15) is 0 Å². The second-order valence-electron chi connectivity index (χ2n) is 6.97. The van der Waals surface area contributed by atoms with E-state index >= 15 is 0 Å². The number of hydrogen-bond acceptors (Lipinski definition) is 3. The highest BCUT2D eigenvalue weighted by Gasteiger charge is 2.25. The highest BCUT2D eigenvalue weighted by atomic mass is 15.1. The number of nitrogens with zero attached hydrogens (tertiary/aromatic N) is 2. The molecule has 1 aliphatic carbocycles. The quantitative estimate of drug-likeness (QED) is 0.458. The van der Waals surface area contributed by atoms with Gasteiger partial charge >= 0.3 is 0 Å². The van der Waals surface area contributed by atoms with Gasteiger partial charge in [-0.1, -0.05) is 48.5 Å². The highest BCUT2D eigenvalue weighted by molar-refractivity contribution is 5.58. The molecule has 1 aliphatic rings. The van der Waals surface area contributed by atoms with Crippen LogP contribution in [0.25, 0.3) is 11.3 Å². The molecule has 0 spiro atoms. The number of aromatic amines is 1. The van der Waals surface area contributed by atoms with Gasteiger partial charge in [0.25, 0.3) is 0 Å². The van der Waals surface area contributed by atoms with E-state index in [0.29, 0.717) is 11.9 Å². The Kier molecular flexibility index (Phi) is 5.48. The van der Waals surface area contributed by atoms with Gasteiger partial charge in [-0.2, -0.15) is 0 Å². The zero-order valence-corrected chi connectivity index (χ0v) is 16.0. The van der Waals surface area contributed by atoms with Crippen molar-refractivity contribution >= 4 is 11.6 Å². The molecule has 0 radical (unpaired) electrons. The second-order valence-corrected chi connectivity index (χ2v) is 6.97. The molecule has 2 aromatic heterocycles. The van der Waals surface area contributed by atoms with E-state index in [0.717, 1.165) is 11.4 Å². The average molecular weight is 368 g/mol. The minimum absolute atomic E-state index is 0.660. The third-order valence-corrected chi connectivity index (χ3v) is 4.58. The molecule has 2 heterocycles. The lowest BCUT2D eigenvalue weighted by molar-refractivity contribution is 0.972. The molecule has 0 aliphatic heterocycles. The largest absolute Gasteiger partial charge is 0.361 e. The van der Waals surface area contributed by atoms with Crippen LogP contribution in [0, 0.1) is 6.92 Å². The Labute approximate surface area is 165 Å². The van der Waals surface area contributed by atoms with Crippen LogP contribution in [0.4, 0.5) is 11.6 Å². The Hall–Kier alpha value is -3.40. The first-order chi connectivity index (χ1) is 13.8. The van der Waals surface area contributed by atoms with Crippen LogP contribution in [0.2, 0.25) is 0 Å². The van der Waals surface area contributed by atoms with Crippen molar-refractivity contribution in [3.05, 3.63) is 96.4 Å². The Bertz CT molecular complexity index is 991. The van der Waals surface area contributed by atoms with Crippen molar-refractivity contribution in [1.82, 2.24) is 15.0 Å². The topological polar surface area (TPSA) is 53.6 Å². The van der Waals surface area contributed by atoms with Crippen LogP contribution in [0.5, 0.6) is 0 Å². The van der Waals surface area contributed by atoms with Crippen molar-refractivity contribution in [3.63, 3.8) is 0 Å². The lowest BCUT2D eigenvalue weighted by Gasteiger charge is -2.07. The first-order valence-corrected chi connectivity index (χ1v) is 9.64. The van der Waals surface area contributed by atoms with Crippen LogP contribution in [-0.4, -0.2) is 15.0 Å². The molecular weight excluding hydrogens is 344 g/mol. The number of aryl methyl sites for hydroxylation is 1. The molecule has 5 rings (SSSR count). The van der Waals surface area contributed by atoms with Crippen LogP contribution >= 0.6 is 0 Å². The van der Waals surface area contributed by atoms with Crippen molar-refractivity contribution in [2.45, 2.75) is 25.7 Å². The fourth-order valence-electron chi connectivity index (χ4n) is 3.02. The van der Waals surface area contributed by atoms with Gasteiger partial charge in [0.2, 0.25) is 5.95 Å². The van der Waals surface area contributed by atoms with Gasteiger partial charge in [-0.25, -0.2) is 9.97 Å². The number of para-hydroxylation sites is 1. The molecule has 140 valence electrons. The standard InChI is InChI=1S/C14H15N3.C10H9N/c1-10-9-13(11-7-8-11)17-14(15-10)16-12-5-3-2-4-6-12;1-2-5-9(6-3-1)10-7-4-8-11-10/h2-6,9,11H,7-8H2,1H3,(H,15,16,17);1-8,11H. The summed E-state index contributed by atoms with van der Waals surface area (Å²) in [6, 6.07) is 26.5. The summed E-state index contributed by atoms with van der Waals surface area (Å²) in [5.74, 6) is 1.37. The number of aromatic nitrogens is 3. The smallest absolute Gasteiger partial charge is 0.227 e. The van der Waals surface area contributed by atoms with Gasteiger partial charge in [-0.05, 0) is 55.7 Å². The fourth-order valence-corrected chi connectivity index (χ4v) is 3.02. The molecule has 4 nitrogen and oxygen atoms in total. The fraction of sp³-hybridized carbons (Fsp3) is 0.167. The average Bonchev–Trinajstić information content (AvgIpc) is 3.44. The van der Waals surface area contributed by atoms with Crippen LogP contribution in [0.3, 0.4) is 0 Å². The minimum atomic E-state index is 0.660. The molecule has 1 saturated carbocycles. The summed E-state index contributed by atoms with van der Waals surface area (Å²) in [4.78, 5) is 12.1. The van der Waals surface area contributed by atoms with Crippen molar-refractivity contribution < 1.29 is 0 Å². The first kappa shape index (κ1) is 18.0. The molecule has 4 aromatic rings. The SMILES string of the molecule is Cc1cc(C2CC2)nc(Nc2ccccc2)n1.c1ccc(-c2ccc[nH]2)cc1. The molecule has 28 heavy (non-hydrogen) atoms. The third kappa shape index (κ3) is 4.86. The van der Waals surface area contributed by atoms with Crippen molar-refractivity contribution in [2.75, 3.05) is 5.32 Å². The molecule has 1 fully saturated rings. The van der Waals surface area contributed by atoms with Crippen LogP contribution in [0.1, 0.15) is 30.1 Å². The molecule has 0 amide bonds. The van der Waals surface area contributed by atoms with E-state index in [1.165, 1.54) is 29.8 Å². The lowest BCUT2D eigenvalue weighted by Crippen LogP contribution is -2.01. The summed E-state index contributed by atoms with van der Waals surface area (Å²) in [5, 5.41) is 3.25. The van der Waals surface area contributed by atoms with E-state index in [1.807, 2.05) is 67.7 Å². The summed E-state index contributed by atoms with van der Waals surface area (Å²) >= 11 is 0. The van der Waals surface area contributed by atoms with E-state index in [4.69, 9.17) is 0 Å². The van der Waals surface area contributed by atoms with Crippen molar-refractivity contribution in [3.8, 4) is 11.3 Å². The summed E-state index contributed by atoms with van der Waals surface area (Å²) < 4.78 is 0. The van der Waals surface area contributed by atoms with Crippen molar-refractivity contribution in [2.24, 2.45) is 0 Å². The summed E-state index contributed by atoms with van der Waals surface area (Å²) in [5.41, 5.74) is 5.64. The zero-order chi connectivity index (χ0) is 19.2. The molecule has 0 atom stereocenters. The maximum Gasteiger partial charge on any atom is 0.227 e. The van der Waals surface area contributed by atoms with E-state index in [-0.39, 0.29) is 0 Å².